The monoisotopic (exact) mass is 502 g/mol. The van der Waals surface area contributed by atoms with Crippen LogP contribution in [-0.2, 0) is 19.6 Å². The van der Waals surface area contributed by atoms with Crippen LogP contribution in [0.5, 0.6) is 5.75 Å². The summed E-state index contributed by atoms with van der Waals surface area (Å²) in [6.07, 6.45) is -1.62. The van der Waals surface area contributed by atoms with Crippen molar-refractivity contribution in [2.75, 3.05) is 16.2 Å². The molecule has 1 unspecified atom stereocenters. The normalized spacial score (nSPS) is 16.1. The number of carboxylic acids is 1. The van der Waals surface area contributed by atoms with E-state index in [-0.39, 0.29) is 27.5 Å². The minimum atomic E-state index is -4.46. The lowest BCUT2D eigenvalue weighted by Gasteiger charge is -2.35. The molecule has 0 aliphatic carbocycles. The molecule has 2 heterocycles. The van der Waals surface area contributed by atoms with Crippen molar-refractivity contribution in [3.63, 3.8) is 0 Å². The van der Waals surface area contributed by atoms with Gasteiger partial charge in [0.2, 0.25) is 0 Å². The molecule has 0 saturated heterocycles. The highest BCUT2D eigenvalue weighted by molar-refractivity contribution is 7.92. The van der Waals surface area contributed by atoms with Crippen LogP contribution in [0.1, 0.15) is 39.4 Å². The van der Waals surface area contributed by atoms with Crippen LogP contribution in [0.25, 0.3) is 0 Å². The summed E-state index contributed by atoms with van der Waals surface area (Å²) in [7, 11) is -4.46. The van der Waals surface area contributed by atoms with E-state index in [0.29, 0.717) is 6.20 Å². The molecule has 0 bridgehead atoms. The Morgan fingerprint density at radius 3 is 2.59 bits per heavy atom. The first kappa shape index (κ1) is 25.2. The Bertz CT molecular complexity index is 1210. The number of amides is 1. The minimum absolute atomic E-state index is 0.0144. The van der Waals surface area contributed by atoms with E-state index in [0.717, 1.165) is 4.31 Å². The predicted molar refractivity (Wildman–Crippen MR) is 116 cm³/mol. The average molecular weight is 502 g/mol. The maximum Gasteiger partial charge on any atom is 0.412 e. The molecule has 34 heavy (non-hydrogen) atoms. The van der Waals surface area contributed by atoms with Crippen LogP contribution >= 0.6 is 0 Å². The zero-order valence-electron chi connectivity index (χ0n) is 18.8. The van der Waals surface area contributed by atoms with Crippen LogP contribution < -0.4 is 14.4 Å². The first-order valence-corrected chi connectivity index (χ1v) is 11.5. The van der Waals surface area contributed by atoms with E-state index >= 15 is 0 Å². The number of aliphatic carboxylic acids is 1. The molecule has 11 nitrogen and oxygen atoms in total. The second-order valence-corrected chi connectivity index (χ2v) is 10.4. The van der Waals surface area contributed by atoms with E-state index in [1.54, 1.807) is 20.8 Å². The lowest BCUT2D eigenvalue weighted by molar-refractivity contribution is -0.138. The van der Waals surface area contributed by atoms with Crippen molar-refractivity contribution in [1.82, 2.24) is 9.78 Å². The van der Waals surface area contributed by atoms with E-state index in [1.807, 2.05) is 0 Å². The van der Waals surface area contributed by atoms with E-state index in [4.69, 9.17) is 14.6 Å². The molecule has 1 amide bonds. The zero-order chi connectivity index (χ0) is 25.4. The van der Waals surface area contributed by atoms with Gasteiger partial charge in [0, 0.05) is 5.69 Å². The van der Waals surface area contributed by atoms with E-state index in [9.17, 15) is 26.8 Å². The summed E-state index contributed by atoms with van der Waals surface area (Å²) in [5.41, 5.74) is -0.775. The number of nitrogens with one attached hydrogen (secondary N) is 1. The number of carbonyl (C=O) groups excluding carboxylic acids is 1. The molecule has 2 aromatic rings. The molecule has 186 valence electrons. The molecule has 0 saturated carbocycles. The summed E-state index contributed by atoms with van der Waals surface area (Å²) < 4.78 is 65.0. The first-order chi connectivity index (χ1) is 15.7. The van der Waals surface area contributed by atoms with Gasteiger partial charge in [0.1, 0.15) is 22.4 Å². The first-order valence-electron chi connectivity index (χ1n) is 10.1. The lowest BCUT2D eigenvalue weighted by atomic mass is 10.1. The number of alkyl halides is 2. The van der Waals surface area contributed by atoms with Gasteiger partial charge in [-0.3, -0.25) is 14.4 Å². The number of benzene rings is 1. The van der Waals surface area contributed by atoms with Crippen molar-refractivity contribution in [1.29, 1.82) is 0 Å². The van der Waals surface area contributed by atoms with Gasteiger partial charge >= 0.3 is 18.6 Å². The van der Waals surface area contributed by atoms with Gasteiger partial charge in [-0.05, 0) is 45.9 Å². The smallest absolute Gasteiger partial charge is 0.412 e. The summed E-state index contributed by atoms with van der Waals surface area (Å²) in [5, 5.41) is 15.2. The molecule has 2 N–H and O–H groups in total. The largest absolute Gasteiger partial charge is 0.486 e. The Balaban J connectivity index is 2.04. The van der Waals surface area contributed by atoms with Crippen molar-refractivity contribution in [2.45, 2.75) is 57.3 Å². The molecule has 1 aromatic carbocycles. The fourth-order valence-electron chi connectivity index (χ4n) is 3.28. The minimum Gasteiger partial charge on any atom is -0.486 e. The van der Waals surface area contributed by atoms with Gasteiger partial charge in [0.25, 0.3) is 10.0 Å². The summed E-state index contributed by atoms with van der Waals surface area (Å²) in [5.74, 6) is -1.18. The molecule has 0 radical (unpaired) electrons. The van der Waals surface area contributed by atoms with Crippen LogP contribution in [-0.4, -0.2) is 53.6 Å². The van der Waals surface area contributed by atoms with Crippen molar-refractivity contribution in [2.24, 2.45) is 0 Å². The third-order valence-corrected chi connectivity index (χ3v) is 6.46. The average Bonchev–Trinajstić information content (AvgIpc) is 3.08. The van der Waals surface area contributed by atoms with Gasteiger partial charge in [0.05, 0.1) is 30.5 Å². The number of aryl methyl sites for hydroxylation is 1. The third kappa shape index (κ3) is 5.55. The Hall–Kier alpha value is -3.42. The number of hydrogen-bond donors (Lipinski definition) is 2. The van der Waals surface area contributed by atoms with Gasteiger partial charge in [-0.15, -0.1) is 0 Å². The topological polar surface area (TPSA) is 140 Å². The highest BCUT2D eigenvalue weighted by Gasteiger charge is 2.37. The molecule has 1 atom stereocenters. The highest BCUT2D eigenvalue weighted by atomic mass is 32.2. The van der Waals surface area contributed by atoms with E-state index in [1.165, 1.54) is 25.1 Å². The predicted octanol–water partition coefficient (Wildman–Crippen LogP) is 3.36. The third-order valence-electron chi connectivity index (χ3n) is 4.58. The summed E-state index contributed by atoms with van der Waals surface area (Å²) in [6, 6.07) is 4.10. The Morgan fingerprint density at radius 2 is 2.03 bits per heavy atom. The van der Waals surface area contributed by atoms with Gasteiger partial charge in [-0.25, -0.2) is 17.9 Å². The molecule has 0 fully saturated rings. The fraction of sp³-hybridized carbons (Fsp3) is 0.450. The SMILES string of the molecule is Cc1nn(C(F)F)cc1S(=O)(=O)N1CC(CC(=O)O)Oc2ccc(NC(=O)OC(C)(C)C)cc21. The van der Waals surface area contributed by atoms with Crippen molar-refractivity contribution >= 4 is 33.5 Å². The fourth-order valence-corrected chi connectivity index (χ4v) is 4.93. The molecule has 1 aromatic heterocycles. The number of ether oxygens (including phenoxy) is 2. The van der Waals surface area contributed by atoms with Crippen LogP contribution in [0.3, 0.4) is 0 Å². The molecular formula is C20H24F2N4O7S. The number of hydrogen-bond acceptors (Lipinski definition) is 7. The number of carboxylic acid groups (broad SMARTS) is 1. The van der Waals surface area contributed by atoms with Gasteiger partial charge in [-0.2, -0.15) is 13.9 Å². The van der Waals surface area contributed by atoms with Crippen LogP contribution in [0.2, 0.25) is 0 Å². The van der Waals surface area contributed by atoms with Gasteiger partial charge in [-0.1, -0.05) is 0 Å². The number of fused-ring (bicyclic) bond motifs is 1. The van der Waals surface area contributed by atoms with Crippen molar-refractivity contribution in [3.05, 3.63) is 30.1 Å². The summed E-state index contributed by atoms with van der Waals surface area (Å²) >= 11 is 0. The molecular weight excluding hydrogens is 478 g/mol. The molecule has 0 spiro atoms. The summed E-state index contributed by atoms with van der Waals surface area (Å²) in [4.78, 5) is 22.9. The van der Waals surface area contributed by atoms with Gasteiger partial charge in [0.15, 0.2) is 0 Å². The number of sulfonamides is 1. The number of aromatic nitrogens is 2. The van der Waals surface area contributed by atoms with Gasteiger partial charge < -0.3 is 14.6 Å². The molecule has 1 aliphatic rings. The Kier molecular flexibility index (Phi) is 6.73. The van der Waals surface area contributed by atoms with Crippen molar-refractivity contribution in [3.8, 4) is 5.75 Å². The Morgan fingerprint density at radius 1 is 1.35 bits per heavy atom. The number of halogens is 2. The quantitative estimate of drug-likeness (QED) is 0.613. The number of nitrogens with zero attached hydrogens (tertiary/aromatic N) is 3. The number of anilines is 2. The maximum absolute atomic E-state index is 13.5. The molecule has 14 heteroatoms. The second-order valence-electron chi connectivity index (χ2n) is 8.52. The number of rotatable bonds is 6. The van der Waals surface area contributed by atoms with E-state index in [2.05, 4.69) is 10.4 Å². The van der Waals surface area contributed by atoms with Crippen LogP contribution in [0.15, 0.2) is 29.3 Å². The maximum atomic E-state index is 13.5. The number of carbonyl (C=O) groups is 2. The highest BCUT2D eigenvalue weighted by Crippen LogP contribution is 2.40. The lowest BCUT2D eigenvalue weighted by Crippen LogP contribution is -2.44. The molecule has 1 aliphatic heterocycles. The summed E-state index contributed by atoms with van der Waals surface area (Å²) in [6.45, 7) is 2.83. The van der Waals surface area contributed by atoms with Crippen molar-refractivity contribution < 1.29 is 41.4 Å². The van der Waals surface area contributed by atoms with Crippen LogP contribution in [0.4, 0.5) is 25.0 Å². The van der Waals surface area contributed by atoms with E-state index < -0.39 is 58.2 Å². The van der Waals surface area contributed by atoms with Crippen LogP contribution in [0, 0.1) is 6.92 Å². The molecule has 3 rings (SSSR count). The standard InChI is InChI=1S/C20H24F2N4O7S/c1-11-16(10-25(24-11)18(21)22)34(30,31)26-9-13(8-17(27)28)32-15-6-5-12(7-14(15)26)23-19(29)33-20(2,3)4/h5-7,10,13,18H,8-9H2,1-4H3,(H,23,29)(H,27,28). The second kappa shape index (κ2) is 9.08. The Labute approximate surface area is 194 Å². The zero-order valence-corrected chi connectivity index (χ0v) is 19.6.